The minimum absolute atomic E-state index is 0.189. The summed E-state index contributed by atoms with van der Waals surface area (Å²) in [6.45, 7) is 13.6. The first kappa shape index (κ1) is 30.1. The fourth-order valence-corrected chi connectivity index (χ4v) is 4.79. The number of hydrogen-bond acceptors (Lipinski definition) is 7. The molecule has 1 fully saturated rings. The lowest BCUT2D eigenvalue weighted by Gasteiger charge is -2.40. The zero-order valence-electron chi connectivity index (χ0n) is 20.0. The average molecular weight is 519 g/mol. The minimum atomic E-state index is -5.89. The van der Waals surface area contributed by atoms with Crippen LogP contribution < -0.4 is 0 Å². The predicted octanol–water partition coefficient (Wildman–Crippen LogP) is 5.00. The van der Waals surface area contributed by atoms with E-state index in [-0.39, 0.29) is 17.9 Å². The van der Waals surface area contributed by atoms with E-state index in [2.05, 4.69) is 10.8 Å². The molecule has 7 nitrogen and oxygen atoms in total. The van der Waals surface area contributed by atoms with Crippen LogP contribution in [0.1, 0.15) is 52.9 Å². The van der Waals surface area contributed by atoms with Gasteiger partial charge in [-0.25, -0.2) is 0 Å². The van der Waals surface area contributed by atoms with E-state index in [1.54, 1.807) is 6.08 Å². The van der Waals surface area contributed by atoms with Gasteiger partial charge in [-0.05, 0) is 43.5 Å². The molecule has 0 aromatic carbocycles. The molecular formula is C21H37F3O7SSi. The van der Waals surface area contributed by atoms with Crippen LogP contribution in [0.15, 0.2) is 24.5 Å². The van der Waals surface area contributed by atoms with Gasteiger partial charge in [0.25, 0.3) is 0 Å². The van der Waals surface area contributed by atoms with Gasteiger partial charge in [0.05, 0.1) is 18.8 Å². The number of aliphatic hydroxyl groups excluding tert-OH is 1. The number of hydrogen-bond donors (Lipinski definition) is 1. The van der Waals surface area contributed by atoms with Crippen LogP contribution in [-0.2, 0) is 28.2 Å². The SMILES string of the molecule is C=C[C@H](C[C@@H](C/C(=C/CO)OS(=O)(=O)C(F)(F)F)O[Si](C)(C)C(C)(C)C)OC1CCCCO1. The molecule has 194 valence electrons. The summed E-state index contributed by atoms with van der Waals surface area (Å²) >= 11 is 0. The van der Waals surface area contributed by atoms with Crippen molar-refractivity contribution in [1.29, 1.82) is 0 Å². The molecule has 1 rings (SSSR count). The monoisotopic (exact) mass is 518 g/mol. The minimum Gasteiger partial charge on any atom is -0.413 e. The first-order valence-corrected chi connectivity index (χ1v) is 15.2. The summed E-state index contributed by atoms with van der Waals surface area (Å²) in [7, 11) is -8.31. The van der Waals surface area contributed by atoms with Crippen molar-refractivity contribution in [2.24, 2.45) is 0 Å². The molecule has 1 heterocycles. The molecular weight excluding hydrogens is 481 g/mol. The van der Waals surface area contributed by atoms with E-state index in [1.807, 2.05) is 33.9 Å². The number of halogens is 3. The fourth-order valence-electron chi connectivity index (χ4n) is 2.91. The lowest BCUT2D eigenvalue weighted by molar-refractivity contribution is -0.182. The number of rotatable bonds is 12. The molecule has 0 aromatic rings. The highest BCUT2D eigenvalue weighted by Crippen LogP contribution is 2.39. The molecule has 0 aromatic heterocycles. The third-order valence-corrected chi connectivity index (χ3v) is 11.3. The normalized spacial score (nSPS) is 20.9. The van der Waals surface area contributed by atoms with Crippen molar-refractivity contribution in [2.75, 3.05) is 13.2 Å². The maximum Gasteiger partial charge on any atom is 0.534 e. The van der Waals surface area contributed by atoms with Crippen molar-refractivity contribution < 1.29 is 44.8 Å². The molecule has 1 saturated heterocycles. The summed E-state index contributed by atoms with van der Waals surface area (Å²) < 4.78 is 83.9. The Morgan fingerprint density at radius 1 is 1.27 bits per heavy atom. The van der Waals surface area contributed by atoms with E-state index in [0.717, 1.165) is 18.9 Å². The number of aliphatic hydroxyl groups is 1. The molecule has 1 aliphatic heterocycles. The standard InChI is InChI=1S/C21H37F3O7SSi/c1-7-16(29-19-10-8-9-13-28-19)14-18(31-33(5,6)20(2,3)4)15-17(11-12-25)30-32(26,27)21(22,23)24/h7,11,16,18-19,25H,1,8-10,12-15H2,2-6H3/b17-11-/t16-,18+,19?/m1/s1. The molecule has 12 heteroatoms. The Balaban J connectivity index is 3.13. The van der Waals surface area contributed by atoms with Crippen LogP contribution in [0.2, 0.25) is 18.1 Å². The Hall–Kier alpha value is -0.923. The van der Waals surface area contributed by atoms with E-state index < -0.39 is 54.8 Å². The molecule has 1 aliphatic rings. The van der Waals surface area contributed by atoms with Gasteiger partial charge in [0.15, 0.2) is 14.6 Å². The van der Waals surface area contributed by atoms with Gasteiger partial charge >= 0.3 is 15.6 Å². The summed E-state index contributed by atoms with van der Waals surface area (Å²) in [5.41, 5.74) is -5.59. The maximum absolute atomic E-state index is 12.8. The molecule has 0 aliphatic carbocycles. The third-order valence-electron chi connectivity index (χ3n) is 5.74. The highest BCUT2D eigenvalue weighted by molar-refractivity contribution is 7.87. The molecule has 1 N–H and O–H groups in total. The van der Waals surface area contributed by atoms with E-state index in [4.69, 9.17) is 13.9 Å². The average Bonchev–Trinajstić information content (AvgIpc) is 2.66. The molecule has 0 radical (unpaired) electrons. The Bertz CT molecular complexity index is 755. The van der Waals surface area contributed by atoms with Crippen LogP contribution in [0.5, 0.6) is 0 Å². The maximum atomic E-state index is 12.8. The summed E-state index contributed by atoms with van der Waals surface area (Å²) in [6, 6.07) is 0. The van der Waals surface area contributed by atoms with Gasteiger partial charge in [-0.3, -0.25) is 0 Å². The molecule has 1 unspecified atom stereocenters. The van der Waals surface area contributed by atoms with Crippen molar-refractivity contribution in [1.82, 2.24) is 0 Å². The molecule has 0 bridgehead atoms. The summed E-state index contributed by atoms with van der Waals surface area (Å²) in [5, 5.41) is 9.01. The van der Waals surface area contributed by atoms with Gasteiger partial charge < -0.3 is 23.2 Å². The van der Waals surface area contributed by atoms with Crippen LogP contribution in [0.3, 0.4) is 0 Å². The first-order chi connectivity index (χ1) is 15.0. The van der Waals surface area contributed by atoms with E-state index in [9.17, 15) is 26.7 Å². The van der Waals surface area contributed by atoms with Gasteiger partial charge in [-0.15, -0.1) is 6.58 Å². The third kappa shape index (κ3) is 9.69. The van der Waals surface area contributed by atoms with Crippen molar-refractivity contribution in [3.05, 3.63) is 24.5 Å². The summed E-state index contributed by atoms with van der Waals surface area (Å²) in [4.78, 5) is 0. The zero-order valence-corrected chi connectivity index (χ0v) is 21.8. The molecule has 33 heavy (non-hydrogen) atoms. The Kier molecular flexibility index (Phi) is 11.1. The fraction of sp³-hybridized carbons (Fsp3) is 0.810. The summed E-state index contributed by atoms with van der Waals surface area (Å²) in [6.07, 6.45) is 3.21. The van der Waals surface area contributed by atoms with Crippen LogP contribution in [0.4, 0.5) is 13.2 Å². The van der Waals surface area contributed by atoms with Crippen LogP contribution in [0.25, 0.3) is 0 Å². The van der Waals surface area contributed by atoms with Crippen LogP contribution in [0, 0.1) is 0 Å². The molecule has 0 spiro atoms. The predicted molar refractivity (Wildman–Crippen MR) is 121 cm³/mol. The second-order valence-electron chi connectivity index (χ2n) is 9.48. The largest absolute Gasteiger partial charge is 0.534 e. The quantitative estimate of drug-likeness (QED) is 0.128. The lowest BCUT2D eigenvalue weighted by Crippen LogP contribution is -2.45. The molecule has 3 atom stereocenters. The topological polar surface area (TPSA) is 91.3 Å². The van der Waals surface area contributed by atoms with Crippen molar-refractivity contribution in [2.45, 2.75) is 95.0 Å². The van der Waals surface area contributed by atoms with E-state index in [0.29, 0.717) is 13.0 Å². The van der Waals surface area contributed by atoms with Crippen molar-refractivity contribution in [3.8, 4) is 0 Å². The Morgan fingerprint density at radius 2 is 1.91 bits per heavy atom. The second kappa shape index (κ2) is 12.2. The Morgan fingerprint density at radius 3 is 2.36 bits per heavy atom. The van der Waals surface area contributed by atoms with Crippen molar-refractivity contribution in [3.63, 3.8) is 0 Å². The van der Waals surface area contributed by atoms with E-state index in [1.165, 1.54) is 0 Å². The van der Waals surface area contributed by atoms with Gasteiger partial charge in [-0.2, -0.15) is 21.6 Å². The molecule has 0 saturated carbocycles. The zero-order chi connectivity index (χ0) is 25.5. The highest BCUT2D eigenvalue weighted by atomic mass is 32.2. The van der Waals surface area contributed by atoms with Gasteiger partial charge in [0.2, 0.25) is 0 Å². The first-order valence-electron chi connectivity index (χ1n) is 10.9. The van der Waals surface area contributed by atoms with Crippen LogP contribution in [-0.4, -0.2) is 59.1 Å². The van der Waals surface area contributed by atoms with Crippen molar-refractivity contribution >= 4 is 18.4 Å². The Labute approximate surface area is 196 Å². The molecule has 0 amide bonds. The summed E-state index contributed by atoms with van der Waals surface area (Å²) in [5.74, 6) is -0.546. The van der Waals surface area contributed by atoms with Gasteiger partial charge in [-0.1, -0.05) is 26.8 Å². The highest BCUT2D eigenvalue weighted by Gasteiger charge is 2.49. The number of ether oxygens (including phenoxy) is 2. The lowest BCUT2D eigenvalue weighted by atomic mass is 10.1. The van der Waals surface area contributed by atoms with Crippen LogP contribution >= 0.6 is 0 Å². The smallest absolute Gasteiger partial charge is 0.413 e. The van der Waals surface area contributed by atoms with E-state index >= 15 is 0 Å². The number of alkyl halides is 3. The second-order valence-corrected chi connectivity index (χ2v) is 15.8. The van der Waals surface area contributed by atoms with Gasteiger partial charge in [0.1, 0.15) is 5.76 Å². The van der Waals surface area contributed by atoms with Gasteiger partial charge in [0, 0.05) is 19.4 Å².